The third kappa shape index (κ3) is 2.42. The van der Waals surface area contributed by atoms with Crippen LogP contribution in [-0.2, 0) is 0 Å². The molecule has 1 heterocycles. The summed E-state index contributed by atoms with van der Waals surface area (Å²) >= 11 is 6.89. The van der Waals surface area contributed by atoms with Crippen molar-refractivity contribution >= 4 is 28.6 Å². The molecule has 0 atom stereocenters. The Morgan fingerprint density at radius 3 is 3.00 bits per heavy atom. The van der Waals surface area contributed by atoms with E-state index >= 15 is 0 Å². The van der Waals surface area contributed by atoms with Gasteiger partial charge in [-0.15, -0.1) is 11.6 Å². The Morgan fingerprint density at radius 2 is 2.55 bits per heavy atom. The van der Waals surface area contributed by atoms with E-state index in [2.05, 4.69) is 6.58 Å². The fraction of sp³-hybridized carbons (Fsp3) is 0.571. The fourth-order valence-electron chi connectivity index (χ4n) is 0.882. The Hall–Kier alpha value is -0.150. The van der Waals surface area contributed by atoms with E-state index in [0.717, 1.165) is 17.9 Å². The van der Waals surface area contributed by atoms with E-state index in [1.54, 1.807) is 4.90 Å². The van der Waals surface area contributed by atoms with Gasteiger partial charge in [0, 0.05) is 24.7 Å². The van der Waals surface area contributed by atoms with Crippen LogP contribution in [0.5, 0.6) is 0 Å². The largest absolute Gasteiger partial charge is 0.329 e. The molecule has 0 aromatic carbocycles. The molecule has 0 saturated carbocycles. The molecule has 0 bridgehead atoms. The molecule has 0 N–H and O–H groups in total. The molecule has 1 aliphatic heterocycles. The molecule has 1 saturated heterocycles. The van der Waals surface area contributed by atoms with Crippen LogP contribution in [0.2, 0.25) is 0 Å². The number of hydrogen-bond donors (Lipinski definition) is 0. The van der Waals surface area contributed by atoms with Gasteiger partial charge in [0.05, 0.1) is 0 Å². The first-order valence-electron chi connectivity index (χ1n) is 3.38. The van der Waals surface area contributed by atoms with Gasteiger partial charge >= 0.3 is 0 Å². The number of amides is 1. The number of alkyl halides is 1. The van der Waals surface area contributed by atoms with Crippen LogP contribution in [0.1, 0.15) is 0 Å². The zero-order chi connectivity index (χ0) is 8.27. The molecule has 1 aliphatic rings. The summed E-state index contributed by atoms with van der Waals surface area (Å²) in [6.07, 6.45) is 0. The summed E-state index contributed by atoms with van der Waals surface area (Å²) < 4.78 is 0. The molecule has 0 aromatic heterocycles. The van der Waals surface area contributed by atoms with Crippen LogP contribution in [0.4, 0.5) is 4.79 Å². The Kier molecular flexibility index (Phi) is 3.27. The van der Waals surface area contributed by atoms with Crippen LogP contribution in [-0.4, -0.2) is 34.9 Å². The normalized spacial score (nSPS) is 17.5. The summed E-state index contributed by atoms with van der Waals surface area (Å²) in [5.74, 6) is 1.34. The summed E-state index contributed by atoms with van der Waals surface area (Å²) in [5, 5.41) is 0.149. The van der Waals surface area contributed by atoms with Crippen molar-refractivity contribution in [2.75, 3.05) is 24.7 Å². The van der Waals surface area contributed by atoms with Crippen LogP contribution < -0.4 is 0 Å². The lowest BCUT2D eigenvalue weighted by atomic mass is 10.3. The molecule has 0 unspecified atom stereocenters. The summed E-state index contributed by atoms with van der Waals surface area (Å²) in [6, 6.07) is 0. The molecule has 4 heteroatoms. The zero-order valence-corrected chi connectivity index (χ0v) is 7.75. The van der Waals surface area contributed by atoms with Gasteiger partial charge in [-0.3, -0.25) is 4.79 Å². The van der Waals surface area contributed by atoms with E-state index in [1.165, 1.54) is 11.8 Å². The van der Waals surface area contributed by atoms with Gasteiger partial charge in [0.25, 0.3) is 5.24 Å². The molecule has 1 fully saturated rings. The Labute approximate surface area is 75.6 Å². The third-order valence-electron chi connectivity index (χ3n) is 1.45. The average Bonchev–Trinajstić information content (AvgIpc) is 2.37. The predicted octanol–water partition coefficient (Wildman–Crippen LogP) is 1.95. The number of carbonyl (C=O) groups excluding carboxylic acids is 1. The maximum absolute atomic E-state index is 11.0. The highest BCUT2D eigenvalue weighted by Crippen LogP contribution is 2.17. The van der Waals surface area contributed by atoms with Gasteiger partial charge in [0.1, 0.15) is 0 Å². The van der Waals surface area contributed by atoms with E-state index in [-0.39, 0.29) is 5.24 Å². The van der Waals surface area contributed by atoms with Crippen LogP contribution in [0.3, 0.4) is 0 Å². The molecule has 1 rings (SSSR count). The van der Waals surface area contributed by atoms with E-state index in [4.69, 9.17) is 11.6 Å². The quantitative estimate of drug-likeness (QED) is 0.502. The van der Waals surface area contributed by atoms with Gasteiger partial charge in [-0.25, -0.2) is 0 Å². The van der Waals surface area contributed by atoms with Crippen LogP contribution in [0.15, 0.2) is 12.2 Å². The summed E-state index contributed by atoms with van der Waals surface area (Å²) in [7, 11) is 0. The topological polar surface area (TPSA) is 20.3 Å². The van der Waals surface area contributed by atoms with Crippen LogP contribution >= 0.6 is 23.4 Å². The van der Waals surface area contributed by atoms with Gasteiger partial charge in [-0.1, -0.05) is 18.3 Å². The van der Waals surface area contributed by atoms with Crippen molar-refractivity contribution in [3.05, 3.63) is 12.2 Å². The molecular weight excluding hydrogens is 182 g/mol. The van der Waals surface area contributed by atoms with Crippen molar-refractivity contribution < 1.29 is 4.79 Å². The first-order valence-corrected chi connectivity index (χ1v) is 4.90. The SMILES string of the molecule is C=C(CCl)CN1CCSC1=O. The third-order valence-corrected chi connectivity index (χ3v) is 2.72. The van der Waals surface area contributed by atoms with E-state index in [1.807, 2.05) is 0 Å². The molecule has 0 spiro atoms. The lowest BCUT2D eigenvalue weighted by Crippen LogP contribution is -2.25. The fourth-order valence-corrected chi connectivity index (χ4v) is 1.79. The van der Waals surface area contributed by atoms with Crippen molar-refractivity contribution in [3.8, 4) is 0 Å². The number of thioether (sulfide) groups is 1. The Balaban J connectivity index is 2.36. The van der Waals surface area contributed by atoms with Gasteiger partial charge in [0.2, 0.25) is 0 Å². The highest BCUT2D eigenvalue weighted by molar-refractivity contribution is 8.13. The highest BCUT2D eigenvalue weighted by atomic mass is 35.5. The predicted molar refractivity (Wildman–Crippen MR) is 49.3 cm³/mol. The maximum Gasteiger partial charge on any atom is 0.282 e. The molecule has 0 aromatic rings. The van der Waals surface area contributed by atoms with E-state index in [9.17, 15) is 4.79 Å². The van der Waals surface area contributed by atoms with Crippen molar-refractivity contribution in [1.82, 2.24) is 4.90 Å². The monoisotopic (exact) mass is 191 g/mol. The molecule has 62 valence electrons. The van der Waals surface area contributed by atoms with Crippen molar-refractivity contribution in [3.63, 3.8) is 0 Å². The minimum Gasteiger partial charge on any atom is -0.329 e. The number of rotatable bonds is 3. The first kappa shape index (κ1) is 8.94. The van der Waals surface area contributed by atoms with Gasteiger partial charge in [-0.2, -0.15) is 0 Å². The molecule has 0 radical (unpaired) electrons. The van der Waals surface area contributed by atoms with Gasteiger partial charge in [-0.05, 0) is 5.57 Å². The first-order chi connectivity index (χ1) is 5.24. The van der Waals surface area contributed by atoms with Crippen molar-refractivity contribution in [2.45, 2.75) is 0 Å². The molecule has 0 aliphatic carbocycles. The van der Waals surface area contributed by atoms with Crippen molar-refractivity contribution in [2.24, 2.45) is 0 Å². The molecule has 11 heavy (non-hydrogen) atoms. The Bertz CT molecular complexity index is 183. The number of nitrogens with zero attached hydrogens (tertiary/aromatic N) is 1. The van der Waals surface area contributed by atoms with E-state index in [0.29, 0.717) is 12.4 Å². The van der Waals surface area contributed by atoms with Gasteiger partial charge < -0.3 is 4.90 Å². The maximum atomic E-state index is 11.0. The second-order valence-electron chi connectivity index (χ2n) is 2.42. The van der Waals surface area contributed by atoms with Crippen LogP contribution in [0, 0.1) is 0 Å². The van der Waals surface area contributed by atoms with E-state index < -0.39 is 0 Å². The number of hydrogen-bond acceptors (Lipinski definition) is 2. The minimum absolute atomic E-state index is 0.149. The number of halogens is 1. The number of carbonyl (C=O) groups is 1. The summed E-state index contributed by atoms with van der Waals surface area (Å²) in [4.78, 5) is 12.8. The smallest absolute Gasteiger partial charge is 0.282 e. The highest BCUT2D eigenvalue weighted by Gasteiger charge is 2.20. The molecule has 2 nitrogen and oxygen atoms in total. The summed E-state index contributed by atoms with van der Waals surface area (Å²) in [6.45, 7) is 5.19. The van der Waals surface area contributed by atoms with Crippen LogP contribution in [0.25, 0.3) is 0 Å². The second-order valence-corrected chi connectivity index (χ2v) is 3.73. The summed E-state index contributed by atoms with van der Waals surface area (Å²) in [5.41, 5.74) is 0.905. The van der Waals surface area contributed by atoms with Gasteiger partial charge in [0.15, 0.2) is 0 Å². The Morgan fingerprint density at radius 1 is 1.82 bits per heavy atom. The average molecular weight is 192 g/mol. The zero-order valence-electron chi connectivity index (χ0n) is 6.18. The second kappa shape index (κ2) is 4.02. The van der Waals surface area contributed by atoms with Crippen molar-refractivity contribution in [1.29, 1.82) is 0 Å². The molecule has 1 amide bonds. The lowest BCUT2D eigenvalue weighted by molar-refractivity contribution is 0.233. The standard InChI is InChI=1S/C7H10ClNOS/c1-6(4-8)5-9-2-3-11-7(9)10/h1-5H2. The molecular formula is C7H10ClNOS. The lowest BCUT2D eigenvalue weighted by Gasteiger charge is -2.14. The minimum atomic E-state index is 0.149.